The summed E-state index contributed by atoms with van der Waals surface area (Å²) in [6, 6.07) is 5.01. The molecule has 2 heterocycles. The molecule has 0 radical (unpaired) electrons. The van der Waals surface area contributed by atoms with Gasteiger partial charge in [-0.15, -0.1) is 0 Å². The molecule has 20 heavy (non-hydrogen) atoms. The number of nitrogens with one attached hydrogen (secondary N) is 1. The van der Waals surface area contributed by atoms with Gasteiger partial charge in [-0.1, -0.05) is 11.6 Å². The maximum atomic E-state index is 12.6. The van der Waals surface area contributed by atoms with Crippen molar-refractivity contribution in [3.63, 3.8) is 0 Å². The van der Waals surface area contributed by atoms with Crippen molar-refractivity contribution in [3.8, 4) is 0 Å². The lowest BCUT2D eigenvalue weighted by Crippen LogP contribution is -2.44. The summed E-state index contributed by atoms with van der Waals surface area (Å²) in [4.78, 5) is 25.1. The van der Waals surface area contributed by atoms with Crippen molar-refractivity contribution in [1.82, 2.24) is 14.5 Å². The van der Waals surface area contributed by atoms with Gasteiger partial charge < -0.3 is 5.32 Å². The fourth-order valence-corrected chi connectivity index (χ4v) is 3.01. The predicted molar refractivity (Wildman–Crippen MR) is 79.6 cm³/mol. The van der Waals surface area contributed by atoms with Crippen molar-refractivity contribution in [2.45, 2.75) is 18.9 Å². The zero-order chi connectivity index (χ0) is 14.3. The van der Waals surface area contributed by atoms with Gasteiger partial charge in [0.15, 0.2) is 0 Å². The average molecular weight is 294 g/mol. The molecule has 1 aromatic carbocycles. The highest BCUT2D eigenvalue weighted by Gasteiger charge is 2.21. The van der Waals surface area contributed by atoms with Crippen LogP contribution in [0, 0.1) is 0 Å². The van der Waals surface area contributed by atoms with E-state index in [0.717, 1.165) is 25.9 Å². The van der Waals surface area contributed by atoms with Gasteiger partial charge in [-0.05, 0) is 44.1 Å². The minimum atomic E-state index is -0.253. The van der Waals surface area contributed by atoms with Crippen molar-refractivity contribution in [3.05, 3.63) is 44.1 Å². The Labute approximate surface area is 120 Å². The normalized spacial score (nSPS) is 16.7. The summed E-state index contributed by atoms with van der Waals surface area (Å²) in [6.45, 7) is 1.65. The SMILES string of the molecule is Cn1c(=O)n(C2CCNCC2)c(=O)c2cc(Cl)ccc21. The Morgan fingerprint density at radius 2 is 1.95 bits per heavy atom. The van der Waals surface area contributed by atoms with Gasteiger partial charge in [-0.3, -0.25) is 13.9 Å². The molecule has 106 valence electrons. The Morgan fingerprint density at radius 3 is 2.65 bits per heavy atom. The van der Waals surface area contributed by atoms with E-state index < -0.39 is 0 Å². The van der Waals surface area contributed by atoms with E-state index in [1.165, 1.54) is 9.13 Å². The molecule has 5 nitrogen and oxygen atoms in total. The number of hydrogen-bond donors (Lipinski definition) is 1. The molecule has 6 heteroatoms. The summed E-state index contributed by atoms with van der Waals surface area (Å²) in [5.74, 6) is 0. The van der Waals surface area contributed by atoms with E-state index >= 15 is 0 Å². The minimum absolute atomic E-state index is 0.0363. The van der Waals surface area contributed by atoms with E-state index in [1.807, 2.05) is 0 Å². The highest BCUT2D eigenvalue weighted by molar-refractivity contribution is 6.31. The van der Waals surface area contributed by atoms with Gasteiger partial charge in [0.2, 0.25) is 0 Å². The molecule has 1 N–H and O–H groups in total. The molecule has 1 aliphatic rings. The summed E-state index contributed by atoms with van der Waals surface area (Å²) in [6.07, 6.45) is 1.59. The summed E-state index contributed by atoms with van der Waals surface area (Å²) in [5.41, 5.74) is 0.129. The largest absolute Gasteiger partial charge is 0.331 e. The van der Waals surface area contributed by atoms with Crippen LogP contribution in [0.3, 0.4) is 0 Å². The molecule has 0 amide bonds. The molecule has 0 atom stereocenters. The van der Waals surface area contributed by atoms with Crippen LogP contribution >= 0.6 is 11.6 Å². The number of hydrogen-bond acceptors (Lipinski definition) is 3. The monoisotopic (exact) mass is 293 g/mol. The Bertz CT molecular complexity index is 772. The van der Waals surface area contributed by atoms with Gasteiger partial charge >= 0.3 is 5.69 Å². The molecule has 1 fully saturated rings. The van der Waals surface area contributed by atoms with Gasteiger partial charge in [0.25, 0.3) is 5.56 Å². The third-order valence-electron chi connectivity index (χ3n) is 3.94. The minimum Gasteiger partial charge on any atom is -0.317 e. The number of aromatic nitrogens is 2. The van der Waals surface area contributed by atoms with Crippen LogP contribution in [0.2, 0.25) is 5.02 Å². The fourth-order valence-electron chi connectivity index (χ4n) is 2.84. The van der Waals surface area contributed by atoms with Gasteiger partial charge in [0.1, 0.15) is 0 Å². The fraction of sp³-hybridized carbons (Fsp3) is 0.429. The smallest absolute Gasteiger partial charge is 0.317 e. The summed E-state index contributed by atoms with van der Waals surface area (Å²) in [5, 5.41) is 4.24. The highest BCUT2D eigenvalue weighted by Crippen LogP contribution is 2.18. The first-order valence-corrected chi connectivity index (χ1v) is 7.09. The first-order chi connectivity index (χ1) is 9.59. The van der Waals surface area contributed by atoms with Gasteiger partial charge in [0.05, 0.1) is 10.9 Å². The molecule has 3 rings (SSSR count). The van der Waals surface area contributed by atoms with E-state index in [4.69, 9.17) is 11.6 Å². The predicted octanol–water partition coefficient (Wildman–Crippen LogP) is 1.28. The maximum Gasteiger partial charge on any atom is 0.331 e. The zero-order valence-corrected chi connectivity index (χ0v) is 12.0. The van der Waals surface area contributed by atoms with Gasteiger partial charge in [-0.25, -0.2) is 4.79 Å². The summed E-state index contributed by atoms with van der Waals surface area (Å²) in [7, 11) is 1.69. The van der Waals surface area contributed by atoms with Crippen molar-refractivity contribution >= 4 is 22.5 Å². The molecule has 1 aromatic heterocycles. The van der Waals surface area contributed by atoms with Crippen LogP contribution < -0.4 is 16.6 Å². The number of benzene rings is 1. The second kappa shape index (κ2) is 5.07. The Kier molecular flexibility index (Phi) is 3.40. The second-order valence-corrected chi connectivity index (χ2v) is 5.60. The standard InChI is InChI=1S/C14H16ClN3O2/c1-17-12-3-2-9(15)8-11(12)13(19)18(14(17)20)10-4-6-16-7-5-10/h2-3,8,10,16H,4-7H2,1H3. The maximum absolute atomic E-state index is 12.6. The molecular weight excluding hydrogens is 278 g/mol. The highest BCUT2D eigenvalue weighted by atomic mass is 35.5. The van der Waals surface area contributed by atoms with E-state index in [-0.39, 0.29) is 17.3 Å². The lowest BCUT2D eigenvalue weighted by Gasteiger charge is -2.24. The van der Waals surface area contributed by atoms with E-state index in [2.05, 4.69) is 5.32 Å². The Hall–Kier alpha value is -1.59. The number of nitrogens with zero attached hydrogens (tertiary/aromatic N) is 2. The van der Waals surface area contributed by atoms with Crippen LogP contribution in [-0.4, -0.2) is 22.2 Å². The molecular formula is C14H16ClN3O2. The third kappa shape index (κ3) is 2.07. The van der Waals surface area contributed by atoms with Crippen LogP contribution in [0.15, 0.2) is 27.8 Å². The molecule has 1 aliphatic heterocycles. The van der Waals surface area contributed by atoms with Crippen molar-refractivity contribution in [1.29, 1.82) is 0 Å². The van der Waals surface area contributed by atoms with Crippen molar-refractivity contribution in [2.75, 3.05) is 13.1 Å². The number of piperidine rings is 1. The molecule has 1 saturated heterocycles. The number of aryl methyl sites for hydroxylation is 1. The van der Waals surface area contributed by atoms with Gasteiger partial charge in [0, 0.05) is 18.1 Å². The van der Waals surface area contributed by atoms with Crippen molar-refractivity contribution < 1.29 is 0 Å². The number of rotatable bonds is 1. The first-order valence-electron chi connectivity index (χ1n) is 6.71. The lowest BCUT2D eigenvalue weighted by atomic mass is 10.1. The van der Waals surface area contributed by atoms with E-state index in [0.29, 0.717) is 15.9 Å². The molecule has 0 bridgehead atoms. The Morgan fingerprint density at radius 1 is 1.25 bits per heavy atom. The first kappa shape index (κ1) is 13.4. The van der Waals surface area contributed by atoms with Crippen LogP contribution in [0.25, 0.3) is 10.9 Å². The number of halogens is 1. The average Bonchev–Trinajstić information content (AvgIpc) is 2.46. The van der Waals surface area contributed by atoms with Gasteiger partial charge in [-0.2, -0.15) is 0 Å². The quantitative estimate of drug-likeness (QED) is 0.862. The zero-order valence-electron chi connectivity index (χ0n) is 11.2. The van der Waals surface area contributed by atoms with E-state index in [9.17, 15) is 9.59 Å². The lowest BCUT2D eigenvalue weighted by molar-refractivity contribution is 0.347. The third-order valence-corrected chi connectivity index (χ3v) is 4.17. The van der Waals surface area contributed by atoms with E-state index in [1.54, 1.807) is 25.2 Å². The molecule has 2 aromatic rings. The number of fused-ring (bicyclic) bond motifs is 1. The topological polar surface area (TPSA) is 56.0 Å². The Balaban J connectivity index is 2.32. The van der Waals surface area contributed by atoms with Crippen LogP contribution in [-0.2, 0) is 7.05 Å². The molecule has 0 aliphatic carbocycles. The van der Waals surface area contributed by atoms with Crippen LogP contribution in [0.5, 0.6) is 0 Å². The molecule has 0 unspecified atom stereocenters. The van der Waals surface area contributed by atoms with Crippen LogP contribution in [0.1, 0.15) is 18.9 Å². The molecule has 0 spiro atoms. The summed E-state index contributed by atoms with van der Waals surface area (Å²) < 4.78 is 2.91. The second-order valence-electron chi connectivity index (χ2n) is 5.16. The summed E-state index contributed by atoms with van der Waals surface area (Å²) >= 11 is 5.98. The molecule has 0 saturated carbocycles. The van der Waals surface area contributed by atoms with Crippen molar-refractivity contribution in [2.24, 2.45) is 7.05 Å². The van der Waals surface area contributed by atoms with Crippen LogP contribution in [0.4, 0.5) is 0 Å².